The van der Waals surface area contributed by atoms with E-state index in [1.807, 2.05) is 48.5 Å². The van der Waals surface area contributed by atoms with Crippen LogP contribution in [0.25, 0.3) is 17.1 Å². The molecule has 0 spiro atoms. The molecule has 5 heteroatoms. The van der Waals surface area contributed by atoms with Crippen molar-refractivity contribution in [2.24, 2.45) is 0 Å². The highest BCUT2D eigenvalue weighted by atomic mass is 79.9. The fraction of sp³-hybridized carbons (Fsp3) is 0. The number of nitrogens with two attached hydrogens (primary N) is 1. The van der Waals surface area contributed by atoms with Crippen LogP contribution >= 0.6 is 15.9 Å². The Balaban J connectivity index is 2.05. The summed E-state index contributed by atoms with van der Waals surface area (Å²) in [6.07, 6.45) is 1.72. The van der Waals surface area contributed by atoms with Crippen LogP contribution < -0.4 is 5.73 Å². The van der Waals surface area contributed by atoms with Crippen LogP contribution in [0.5, 0.6) is 0 Å². The van der Waals surface area contributed by atoms with Crippen LogP contribution in [-0.4, -0.2) is 14.8 Å². The Hall–Kier alpha value is -2.14. The molecule has 0 saturated carbocycles. The van der Waals surface area contributed by atoms with Crippen molar-refractivity contribution in [3.8, 4) is 17.1 Å². The first-order valence-electron chi connectivity index (χ1n) is 5.77. The van der Waals surface area contributed by atoms with Crippen LogP contribution in [0.4, 0.5) is 5.82 Å². The lowest BCUT2D eigenvalue weighted by molar-refractivity contribution is 0.859. The molecule has 0 fully saturated rings. The van der Waals surface area contributed by atoms with Gasteiger partial charge < -0.3 is 5.73 Å². The molecule has 1 aromatic carbocycles. The van der Waals surface area contributed by atoms with Gasteiger partial charge in [-0.25, -0.2) is 4.98 Å². The van der Waals surface area contributed by atoms with E-state index in [-0.39, 0.29) is 0 Å². The molecule has 0 amide bonds. The molecule has 94 valence electrons. The minimum Gasteiger partial charge on any atom is -0.384 e. The summed E-state index contributed by atoms with van der Waals surface area (Å²) in [5.74, 6) is 1.26. The summed E-state index contributed by atoms with van der Waals surface area (Å²) in [7, 11) is 0. The van der Waals surface area contributed by atoms with Gasteiger partial charge in [-0.15, -0.1) is 0 Å². The number of rotatable bonds is 2. The van der Waals surface area contributed by atoms with Crippen LogP contribution in [0.1, 0.15) is 0 Å². The van der Waals surface area contributed by atoms with Gasteiger partial charge in [0.05, 0.1) is 5.69 Å². The number of halogens is 1. The second-order valence-corrected chi connectivity index (χ2v) is 4.98. The van der Waals surface area contributed by atoms with Gasteiger partial charge in [-0.1, -0.05) is 30.3 Å². The molecule has 19 heavy (non-hydrogen) atoms. The largest absolute Gasteiger partial charge is 0.384 e. The van der Waals surface area contributed by atoms with E-state index in [1.165, 1.54) is 0 Å². The molecule has 0 atom stereocenters. The minimum atomic E-state index is 0.564. The van der Waals surface area contributed by atoms with Crippen molar-refractivity contribution in [1.29, 1.82) is 0 Å². The van der Waals surface area contributed by atoms with Gasteiger partial charge in [-0.05, 0) is 28.1 Å². The zero-order valence-corrected chi connectivity index (χ0v) is 11.6. The predicted molar refractivity (Wildman–Crippen MR) is 78.9 cm³/mol. The quantitative estimate of drug-likeness (QED) is 0.789. The van der Waals surface area contributed by atoms with Gasteiger partial charge in [-0.2, -0.15) is 9.78 Å². The SMILES string of the molecule is Nc1cc(-c2ccccc2)nn1-c1ccc(Br)cn1. The molecular weight excluding hydrogens is 304 g/mol. The lowest BCUT2D eigenvalue weighted by Crippen LogP contribution is -2.03. The first-order valence-corrected chi connectivity index (χ1v) is 6.56. The summed E-state index contributed by atoms with van der Waals surface area (Å²) < 4.78 is 2.56. The van der Waals surface area contributed by atoms with Crippen LogP contribution in [0.15, 0.2) is 59.2 Å². The first-order chi connectivity index (χ1) is 9.24. The van der Waals surface area contributed by atoms with Gasteiger partial charge in [-0.3, -0.25) is 0 Å². The Morgan fingerprint density at radius 2 is 1.84 bits per heavy atom. The molecule has 2 aromatic heterocycles. The number of nitrogen functional groups attached to an aromatic ring is 1. The summed E-state index contributed by atoms with van der Waals surface area (Å²) in [5, 5.41) is 4.49. The number of pyridine rings is 1. The highest BCUT2D eigenvalue weighted by Crippen LogP contribution is 2.22. The van der Waals surface area contributed by atoms with Crippen LogP contribution in [0.2, 0.25) is 0 Å². The fourth-order valence-corrected chi connectivity index (χ4v) is 2.06. The van der Waals surface area contributed by atoms with Crippen molar-refractivity contribution < 1.29 is 0 Å². The Labute approximate surface area is 119 Å². The number of hydrogen-bond donors (Lipinski definition) is 1. The highest BCUT2D eigenvalue weighted by molar-refractivity contribution is 9.10. The third kappa shape index (κ3) is 2.37. The Morgan fingerprint density at radius 3 is 2.53 bits per heavy atom. The molecule has 3 rings (SSSR count). The first kappa shape index (κ1) is 11.9. The molecular formula is C14H11BrN4. The van der Waals surface area contributed by atoms with Crippen molar-refractivity contribution in [3.05, 3.63) is 59.2 Å². The zero-order valence-electron chi connectivity index (χ0n) is 9.99. The summed E-state index contributed by atoms with van der Waals surface area (Å²) in [6, 6.07) is 15.5. The standard InChI is InChI=1S/C14H11BrN4/c15-11-6-7-14(17-9-11)19-13(16)8-12(18-19)10-4-2-1-3-5-10/h1-9H,16H2. The number of aromatic nitrogens is 3. The highest BCUT2D eigenvalue weighted by Gasteiger charge is 2.09. The maximum absolute atomic E-state index is 6.00. The lowest BCUT2D eigenvalue weighted by atomic mass is 10.2. The van der Waals surface area contributed by atoms with Gasteiger partial charge in [0.25, 0.3) is 0 Å². The van der Waals surface area contributed by atoms with Crippen molar-refractivity contribution in [2.75, 3.05) is 5.73 Å². The molecule has 0 radical (unpaired) electrons. The van der Waals surface area contributed by atoms with E-state index in [2.05, 4.69) is 26.0 Å². The number of nitrogens with zero attached hydrogens (tertiary/aromatic N) is 3. The fourth-order valence-electron chi connectivity index (χ4n) is 1.82. The molecule has 0 bridgehead atoms. The van der Waals surface area contributed by atoms with Crippen LogP contribution in [0.3, 0.4) is 0 Å². The Morgan fingerprint density at radius 1 is 1.05 bits per heavy atom. The lowest BCUT2D eigenvalue weighted by Gasteiger charge is -2.02. The maximum atomic E-state index is 6.00. The van der Waals surface area contributed by atoms with E-state index < -0.39 is 0 Å². The molecule has 0 saturated heterocycles. The molecule has 2 N–H and O–H groups in total. The normalized spacial score (nSPS) is 10.6. The molecule has 2 heterocycles. The number of anilines is 1. The number of hydrogen-bond acceptors (Lipinski definition) is 3. The second kappa shape index (κ2) is 4.85. The second-order valence-electron chi connectivity index (χ2n) is 4.07. The van der Waals surface area contributed by atoms with Crippen LogP contribution in [-0.2, 0) is 0 Å². The minimum absolute atomic E-state index is 0.564. The molecule has 4 nitrogen and oxygen atoms in total. The predicted octanol–water partition coefficient (Wildman–Crippen LogP) is 3.28. The average molecular weight is 315 g/mol. The van der Waals surface area contributed by atoms with Gasteiger partial charge >= 0.3 is 0 Å². The summed E-state index contributed by atoms with van der Waals surface area (Å²) in [6.45, 7) is 0. The Kier molecular flexibility index (Phi) is 3.05. The molecule has 0 aliphatic heterocycles. The summed E-state index contributed by atoms with van der Waals surface area (Å²) >= 11 is 3.36. The van der Waals surface area contributed by atoms with E-state index in [1.54, 1.807) is 10.9 Å². The van der Waals surface area contributed by atoms with E-state index in [0.717, 1.165) is 15.7 Å². The molecule has 3 aromatic rings. The van der Waals surface area contributed by atoms with Crippen LogP contribution in [0, 0.1) is 0 Å². The third-order valence-corrected chi connectivity index (χ3v) is 3.20. The average Bonchev–Trinajstić information content (AvgIpc) is 2.83. The monoisotopic (exact) mass is 314 g/mol. The maximum Gasteiger partial charge on any atom is 0.155 e. The van der Waals surface area contributed by atoms with Crippen molar-refractivity contribution in [2.45, 2.75) is 0 Å². The Bertz CT molecular complexity index is 689. The zero-order chi connectivity index (χ0) is 13.2. The van der Waals surface area contributed by atoms with Crippen molar-refractivity contribution in [1.82, 2.24) is 14.8 Å². The topological polar surface area (TPSA) is 56.7 Å². The molecule has 0 aliphatic rings. The van der Waals surface area contributed by atoms with E-state index in [4.69, 9.17) is 5.73 Å². The van der Waals surface area contributed by atoms with Gasteiger partial charge in [0.1, 0.15) is 5.82 Å². The van der Waals surface area contributed by atoms with E-state index in [9.17, 15) is 0 Å². The summed E-state index contributed by atoms with van der Waals surface area (Å²) in [5.41, 5.74) is 7.87. The van der Waals surface area contributed by atoms with E-state index >= 15 is 0 Å². The molecule has 0 unspecified atom stereocenters. The van der Waals surface area contributed by atoms with E-state index in [0.29, 0.717) is 11.6 Å². The number of benzene rings is 1. The van der Waals surface area contributed by atoms with Gasteiger partial charge in [0, 0.05) is 22.3 Å². The van der Waals surface area contributed by atoms with Crippen molar-refractivity contribution >= 4 is 21.7 Å². The third-order valence-electron chi connectivity index (χ3n) is 2.74. The molecule has 0 aliphatic carbocycles. The van der Waals surface area contributed by atoms with Gasteiger partial charge in [0.2, 0.25) is 0 Å². The smallest absolute Gasteiger partial charge is 0.155 e. The van der Waals surface area contributed by atoms with Crippen molar-refractivity contribution in [3.63, 3.8) is 0 Å². The van der Waals surface area contributed by atoms with Gasteiger partial charge in [0.15, 0.2) is 5.82 Å². The summed E-state index contributed by atoms with van der Waals surface area (Å²) in [4.78, 5) is 4.29.